The van der Waals surface area contributed by atoms with Crippen molar-refractivity contribution in [3.05, 3.63) is 58.3 Å². The molecule has 0 saturated carbocycles. The van der Waals surface area contributed by atoms with E-state index in [1.165, 1.54) is 12.1 Å². The van der Waals surface area contributed by atoms with E-state index in [-0.39, 0.29) is 5.56 Å². The Labute approximate surface area is 98.9 Å². The lowest BCUT2D eigenvalue weighted by Crippen LogP contribution is -2.17. The molecule has 2 aromatic rings. The summed E-state index contributed by atoms with van der Waals surface area (Å²) in [6.07, 6.45) is -4.60. The molecule has 0 unspecified atom stereocenters. The number of aromatic amines is 1. The fourth-order valence-corrected chi connectivity index (χ4v) is 1.50. The Balaban J connectivity index is 2.48. The lowest BCUT2D eigenvalue weighted by atomic mass is 10.1. The van der Waals surface area contributed by atoms with Gasteiger partial charge in [-0.3, -0.25) is 4.79 Å². The zero-order chi connectivity index (χ0) is 13.3. The molecule has 0 saturated heterocycles. The van der Waals surface area contributed by atoms with Gasteiger partial charge in [-0.05, 0) is 29.8 Å². The van der Waals surface area contributed by atoms with Gasteiger partial charge in [0.05, 0.1) is 0 Å². The highest BCUT2D eigenvalue weighted by molar-refractivity contribution is 5.62. The highest BCUT2D eigenvalue weighted by Crippen LogP contribution is 2.27. The van der Waals surface area contributed by atoms with Crippen molar-refractivity contribution < 1.29 is 17.6 Å². The lowest BCUT2D eigenvalue weighted by Gasteiger charge is -2.07. The number of hydrogen-bond donors (Lipinski definition) is 1. The molecule has 1 heterocycles. The van der Waals surface area contributed by atoms with E-state index in [0.717, 1.165) is 24.3 Å². The van der Waals surface area contributed by atoms with E-state index in [4.69, 9.17) is 0 Å². The second-order valence-corrected chi connectivity index (χ2v) is 3.62. The first-order valence-corrected chi connectivity index (χ1v) is 4.94. The monoisotopic (exact) mass is 257 g/mol. The minimum absolute atomic E-state index is 0.0583. The number of rotatable bonds is 1. The quantitative estimate of drug-likeness (QED) is 0.782. The average Bonchev–Trinajstić information content (AvgIpc) is 2.29. The van der Waals surface area contributed by atoms with Crippen LogP contribution in [0.3, 0.4) is 0 Å². The van der Waals surface area contributed by atoms with E-state index in [1.54, 1.807) is 4.98 Å². The van der Waals surface area contributed by atoms with Crippen LogP contribution in [0.2, 0.25) is 0 Å². The van der Waals surface area contributed by atoms with E-state index in [2.05, 4.69) is 0 Å². The number of aromatic nitrogens is 1. The first-order valence-electron chi connectivity index (χ1n) is 4.94. The van der Waals surface area contributed by atoms with Crippen LogP contribution in [0.15, 0.2) is 41.2 Å². The van der Waals surface area contributed by atoms with E-state index in [1.807, 2.05) is 0 Å². The molecule has 0 aliphatic carbocycles. The summed E-state index contributed by atoms with van der Waals surface area (Å²) in [4.78, 5) is 13.3. The smallest absolute Gasteiger partial charge is 0.318 e. The molecule has 1 N–H and O–H groups in total. The zero-order valence-electron chi connectivity index (χ0n) is 8.88. The number of H-pyrrole nitrogens is 1. The number of halogens is 4. The summed E-state index contributed by atoms with van der Waals surface area (Å²) >= 11 is 0. The molecule has 0 bridgehead atoms. The molecule has 6 heteroatoms. The molecule has 1 aromatic carbocycles. The minimum atomic E-state index is -4.60. The predicted molar refractivity (Wildman–Crippen MR) is 57.5 cm³/mol. The highest BCUT2D eigenvalue weighted by Gasteiger charge is 2.31. The van der Waals surface area contributed by atoms with E-state index >= 15 is 0 Å². The van der Waals surface area contributed by atoms with Gasteiger partial charge in [-0.15, -0.1) is 0 Å². The van der Waals surface area contributed by atoms with E-state index in [9.17, 15) is 22.4 Å². The molecule has 2 rings (SSSR count). The van der Waals surface area contributed by atoms with Crippen molar-refractivity contribution in [2.45, 2.75) is 6.18 Å². The summed E-state index contributed by atoms with van der Waals surface area (Å²) in [5, 5.41) is 0. The summed E-state index contributed by atoms with van der Waals surface area (Å²) in [5.74, 6) is -0.484. The van der Waals surface area contributed by atoms with Crippen LogP contribution in [-0.2, 0) is 6.18 Å². The molecule has 0 aliphatic rings. The van der Waals surface area contributed by atoms with Gasteiger partial charge < -0.3 is 4.98 Å². The molecule has 94 valence electrons. The summed E-state index contributed by atoms with van der Waals surface area (Å²) in [6, 6.07) is 6.76. The summed E-state index contributed by atoms with van der Waals surface area (Å²) in [6.45, 7) is 0. The Morgan fingerprint density at radius 1 is 0.944 bits per heavy atom. The van der Waals surface area contributed by atoms with Crippen LogP contribution < -0.4 is 5.56 Å². The van der Waals surface area contributed by atoms with Gasteiger partial charge in [0.25, 0.3) is 5.56 Å². The predicted octanol–water partition coefficient (Wildman–Crippen LogP) is 3.20. The minimum Gasteiger partial charge on any atom is -0.318 e. The van der Waals surface area contributed by atoms with Crippen LogP contribution in [0.25, 0.3) is 11.1 Å². The fraction of sp³-hybridized carbons (Fsp3) is 0.0833. The maximum absolute atomic E-state index is 12.7. The molecule has 0 atom stereocenters. The zero-order valence-corrected chi connectivity index (χ0v) is 8.88. The second-order valence-electron chi connectivity index (χ2n) is 3.62. The first-order chi connectivity index (χ1) is 8.38. The van der Waals surface area contributed by atoms with Gasteiger partial charge in [0.1, 0.15) is 11.5 Å². The molecular weight excluding hydrogens is 250 g/mol. The largest absolute Gasteiger partial charge is 0.431 e. The van der Waals surface area contributed by atoms with Crippen LogP contribution in [0, 0.1) is 5.82 Å². The number of benzene rings is 1. The fourth-order valence-electron chi connectivity index (χ4n) is 1.50. The maximum Gasteiger partial charge on any atom is 0.431 e. The number of pyridine rings is 1. The van der Waals surface area contributed by atoms with Gasteiger partial charge in [0, 0.05) is 5.56 Å². The van der Waals surface area contributed by atoms with Crippen molar-refractivity contribution in [1.82, 2.24) is 4.98 Å². The Morgan fingerprint density at radius 3 is 2.06 bits per heavy atom. The van der Waals surface area contributed by atoms with E-state index < -0.39 is 23.2 Å². The Hall–Kier alpha value is -2.11. The Bertz CT molecular complexity index is 613. The van der Waals surface area contributed by atoms with Gasteiger partial charge in [0.15, 0.2) is 0 Å². The highest BCUT2D eigenvalue weighted by atomic mass is 19.4. The first kappa shape index (κ1) is 12.3. The third-order valence-corrected chi connectivity index (χ3v) is 2.37. The molecule has 0 fully saturated rings. The lowest BCUT2D eigenvalue weighted by molar-refractivity contribution is -0.141. The van der Waals surface area contributed by atoms with Crippen molar-refractivity contribution >= 4 is 0 Å². The second kappa shape index (κ2) is 4.29. The number of nitrogens with one attached hydrogen (secondary N) is 1. The van der Waals surface area contributed by atoms with Crippen LogP contribution in [0.4, 0.5) is 17.6 Å². The summed E-state index contributed by atoms with van der Waals surface area (Å²) in [5.41, 5.74) is -1.57. The van der Waals surface area contributed by atoms with Crippen molar-refractivity contribution in [3.63, 3.8) is 0 Å². The van der Waals surface area contributed by atoms with Crippen LogP contribution >= 0.6 is 0 Å². The number of hydrogen-bond acceptors (Lipinski definition) is 1. The third kappa shape index (κ3) is 2.42. The van der Waals surface area contributed by atoms with Crippen molar-refractivity contribution in [2.24, 2.45) is 0 Å². The Kier molecular flexibility index (Phi) is 2.94. The van der Waals surface area contributed by atoms with Crippen molar-refractivity contribution in [2.75, 3.05) is 0 Å². The Morgan fingerprint density at radius 2 is 1.56 bits per heavy atom. The van der Waals surface area contributed by atoms with Crippen molar-refractivity contribution in [1.29, 1.82) is 0 Å². The van der Waals surface area contributed by atoms with Gasteiger partial charge >= 0.3 is 6.18 Å². The topological polar surface area (TPSA) is 32.9 Å². The number of alkyl halides is 3. The van der Waals surface area contributed by atoms with Gasteiger partial charge in [0.2, 0.25) is 0 Å². The molecule has 0 radical (unpaired) electrons. The summed E-state index contributed by atoms with van der Waals surface area (Å²) in [7, 11) is 0. The standard InChI is InChI=1S/C12H7F4NO/c13-8-3-1-7(2-4-8)9-5-6-10(12(14,15)16)17-11(9)18/h1-6H,(H,17,18). The van der Waals surface area contributed by atoms with Gasteiger partial charge in [-0.25, -0.2) is 4.39 Å². The molecule has 0 amide bonds. The van der Waals surface area contributed by atoms with Crippen LogP contribution in [-0.4, -0.2) is 4.98 Å². The molecule has 0 spiro atoms. The molecule has 0 aliphatic heterocycles. The maximum atomic E-state index is 12.7. The van der Waals surface area contributed by atoms with E-state index in [0.29, 0.717) is 5.56 Å². The van der Waals surface area contributed by atoms with Crippen molar-refractivity contribution in [3.8, 4) is 11.1 Å². The third-order valence-electron chi connectivity index (χ3n) is 2.37. The molecule has 1 aromatic heterocycles. The molecular formula is C12H7F4NO. The average molecular weight is 257 g/mol. The molecule has 18 heavy (non-hydrogen) atoms. The van der Waals surface area contributed by atoms with Gasteiger partial charge in [-0.1, -0.05) is 12.1 Å². The normalized spacial score (nSPS) is 11.6. The SMILES string of the molecule is O=c1[nH]c(C(F)(F)F)ccc1-c1ccc(F)cc1. The summed E-state index contributed by atoms with van der Waals surface area (Å²) < 4.78 is 49.7. The van der Waals surface area contributed by atoms with Crippen LogP contribution in [0.5, 0.6) is 0 Å². The molecule has 2 nitrogen and oxygen atoms in total. The van der Waals surface area contributed by atoms with Crippen LogP contribution in [0.1, 0.15) is 5.69 Å². The van der Waals surface area contributed by atoms with Gasteiger partial charge in [-0.2, -0.15) is 13.2 Å².